The Bertz CT molecular complexity index is 2200. The van der Waals surface area contributed by atoms with Crippen molar-refractivity contribution < 1.29 is 33.5 Å². The Kier molecular flexibility index (Phi) is 10.5. The van der Waals surface area contributed by atoms with Crippen LogP contribution in [0.3, 0.4) is 0 Å². The van der Waals surface area contributed by atoms with Gasteiger partial charge in [-0.1, -0.05) is 11.8 Å². The third-order valence-corrected chi connectivity index (χ3v) is 9.94. The Morgan fingerprint density at radius 3 is 2.86 bits per heavy atom. The number of amides is 1. The minimum absolute atomic E-state index is 0.109. The number of phosphoric acid groups is 1. The zero-order valence-corrected chi connectivity index (χ0v) is 29.4. The fourth-order valence-electron chi connectivity index (χ4n) is 5.72. The number of carbonyl (C=O) groups excluding carboxylic acids is 1. The van der Waals surface area contributed by atoms with Gasteiger partial charge >= 0.3 is 7.82 Å². The molecule has 4 heterocycles. The average molecular weight is 722 g/mol. The predicted molar refractivity (Wildman–Crippen MR) is 190 cm³/mol. The number of nitrogens with two attached hydrogens (primary N) is 1. The summed E-state index contributed by atoms with van der Waals surface area (Å²) >= 11 is 1.71. The predicted octanol–water partition coefficient (Wildman–Crippen LogP) is 1.90. The van der Waals surface area contributed by atoms with Gasteiger partial charge in [0.05, 0.1) is 51.0 Å². The van der Waals surface area contributed by atoms with Crippen LogP contribution in [0.1, 0.15) is 31.1 Å². The summed E-state index contributed by atoms with van der Waals surface area (Å²) in [5.74, 6) is 6.05. The molecule has 1 aliphatic carbocycles. The second-order valence-electron chi connectivity index (χ2n) is 12.1. The SMILES string of the molecule is CN(CCCC(=O)NCC#Cc1cn(C2CC(O)C(COP(=O)(O)O)O2)c2ncnc(N)c12)c1ccc2nc3ccc(=[N+](C)C)cc-3sc2c1. The number of hydrogen-bond acceptors (Lipinski definition) is 11. The smallest absolute Gasteiger partial charge is 0.390 e. The fraction of sp³-hybridized carbons (Fsp3) is 0.364. The molecule has 1 amide bonds. The van der Waals surface area contributed by atoms with E-state index >= 15 is 0 Å². The highest BCUT2D eigenvalue weighted by molar-refractivity contribution is 7.46. The van der Waals surface area contributed by atoms with Gasteiger partial charge in [-0.2, -0.15) is 0 Å². The monoisotopic (exact) mass is 721 g/mol. The maximum Gasteiger partial charge on any atom is 0.469 e. The van der Waals surface area contributed by atoms with Crippen LogP contribution in [0, 0.1) is 11.8 Å². The molecule has 1 fully saturated rings. The van der Waals surface area contributed by atoms with E-state index in [0.29, 0.717) is 36.0 Å². The van der Waals surface area contributed by atoms with Crippen LogP contribution in [0.2, 0.25) is 0 Å². The first-order valence-electron chi connectivity index (χ1n) is 15.8. The number of hydrogen-bond donors (Lipinski definition) is 5. The number of aliphatic hydroxyl groups excluding tert-OH is 1. The van der Waals surface area contributed by atoms with E-state index in [4.69, 9.17) is 25.2 Å². The van der Waals surface area contributed by atoms with Crippen molar-refractivity contribution in [3.8, 4) is 22.4 Å². The summed E-state index contributed by atoms with van der Waals surface area (Å²) in [6, 6.07) is 12.5. The minimum atomic E-state index is -4.73. The number of benzene rings is 2. The number of nitrogens with zero attached hydrogens (tertiary/aromatic N) is 6. The number of ether oxygens (including phenoxy) is 1. The first-order chi connectivity index (χ1) is 23.9. The van der Waals surface area contributed by atoms with Crippen LogP contribution in [0.25, 0.3) is 31.8 Å². The van der Waals surface area contributed by atoms with Gasteiger partial charge in [0.25, 0.3) is 0 Å². The van der Waals surface area contributed by atoms with Crippen LogP contribution < -0.4 is 25.9 Å². The molecule has 0 saturated carbocycles. The van der Waals surface area contributed by atoms with E-state index in [9.17, 15) is 14.5 Å². The molecule has 3 unspecified atom stereocenters. The van der Waals surface area contributed by atoms with Crippen molar-refractivity contribution in [2.75, 3.05) is 51.5 Å². The van der Waals surface area contributed by atoms with E-state index in [1.54, 1.807) is 22.1 Å². The van der Waals surface area contributed by atoms with Crippen LogP contribution in [-0.4, -0.2) is 93.4 Å². The molecule has 50 heavy (non-hydrogen) atoms. The molecule has 0 radical (unpaired) electrons. The van der Waals surface area contributed by atoms with Gasteiger partial charge in [-0.25, -0.2) is 24.1 Å². The van der Waals surface area contributed by atoms with Gasteiger partial charge in [0.15, 0.2) is 0 Å². The lowest BCUT2D eigenvalue weighted by atomic mass is 10.2. The maximum atomic E-state index is 12.6. The molecule has 2 aromatic heterocycles. The molecule has 3 atom stereocenters. The van der Waals surface area contributed by atoms with Crippen LogP contribution in [0.4, 0.5) is 11.5 Å². The van der Waals surface area contributed by atoms with Crippen molar-refractivity contribution >= 4 is 57.8 Å². The molecular formula is C33H38N8O7PS+. The summed E-state index contributed by atoms with van der Waals surface area (Å²) < 4.78 is 26.3. The van der Waals surface area contributed by atoms with E-state index in [2.05, 4.69) is 65.4 Å². The van der Waals surface area contributed by atoms with Crippen molar-refractivity contribution in [3.05, 3.63) is 59.8 Å². The van der Waals surface area contributed by atoms with Crippen LogP contribution in [0.15, 0.2) is 48.9 Å². The minimum Gasteiger partial charge on any atom is -0.390 e. The summed E-state index contributed by atoms with van der Waals surface area (Å²) in [7, 11) is 1.32. The molecule has 0 bridgehead atoms. The Morgan fingerprint density at radius 2 is 2.08 bits per heavy atom. The lowest BCUT2D eigenvalue weighted by molar-refractivity contribution is -0.120. The average Bonchev–Trinajstić information content (AvgIpc) is 3.64. The van der Waals surface area contributed by atoms with E-state index in [1.165, 1.54) is 6.33 Å². The van der Waals surface area contributed by atoms with Gasteiger partial charge in [0.2, 0.25) is 11.3 Å². The number of anilines is 2. The second kappa shape index (κ2) is 14.8. The molecule has 6 rings (SSSR count). The Morgan fingerprint density at radius 1 is 1.26 bits per heavy atom. The molecule has 262 valence electrons. The Hall–Kier alpha value is -4.46. The number of rotatable bonds is 10. The van der Waals surface area contributed by atoms with Gasteiger partial charge in [-0.05, 0) is 30.7 Å². The standard InChI is InChI=1S/C33H37N8O7PS/c1-39(2)21-8-10-23-27(14-21)50-28-15-22(9-11-24(28)38-23)40(3)13-5-7-29(43)35-12-4-6-20-17-41(33-31(20)32(34)36-19-37-33)30-16-25(42)26(48-30)18-47-49(44,45)46/h8-11,14-15,17,19,25-26,30,42H,5,7,12-13,16,18H2,1-3H3,(H4-,34,35,36,37,43,44,45,46)/p+1. The van der Waals surface area contributed by atoms with Crippen molar-refractivity contribution in [2.24, 2.45) is 0 Å². The van der Waals surface area contributed by atoms with Crippen LogP contribution in [0.5, 0.6) is 0 Å². The van der Waals surface area contributed by atoms with Crippen molar-refractivity contribution in [1.29, 1.82) is 0 Å². The van der Waals surface area contributed by atoms with Gasteiger partial charge in [-0.15, -0.1) is 11.3 Å². The van der Waals surface area contributed by atoms with E-state index in [1.807, 2.05) is 33.3 Å². The third-order valence-electron chi connectivity index (χ3n) is 8.36. The highest BCUT2D eigenvalue weighted by Gasteiger charge is 2.37. The first-order valence-corrected chi connectivity index (χ1v) is 18.2. The number of nitrogen functional groups attached to an aromatic ring is 1. The largest absolute Gasteiger partial charge is 0.469 e. The molecule has 17 heteroatoms. The second-order valence-corrected chi connectivity index (χ2v) is 14.5. The maximum absolute atomic E-state index is 12.6. The molecule has 2 aliphatic heterocycles. The lowest BCUT2D eigenvalue weighted by Gasteiger charge is -2.19. The van der Waals surface area contributed by atoms with E-state index < -0.39 is 32.9 Å². The number of carbonyl (C=O) groups is 1. The zero-order chi connectivity index (χ0) is 35.6. The summed E-state index contributed by atoms with van der Waals surface area (Å²) in [6.07, 6.45) is 1.34. The topological polar surface area (TPSA) is 201 Å². The van der Waals surface area contributed by atoms with Gasteiger partial charge in [0, 0.05) is 50.5 Å². The quantitative estimate of drug-likeness (QED) is 0.0608. The van der Waals surface area contributed by atoms with Gasteiger partial charge in [0.1, 0.15) is 44.2 Å². The molecular weight excluding hydrogens is 683 g/mol. The number of phosphoric ester groups is 1. The van der Waals surface area contributed by atoms with Crippen LogP contribution in [-0.2, 0) is 18.6 Å². The molecule has 3 aromatic rings. The lowest BCUT2D eigenvalue weighted by Crippen LogP contribution is -2.25. The molecule has 6 N–H and O–H groups in total. The number of fused-ring (bicyclic) bond motifs is 3. The normalized spacial score (nSPS) is 17.6. The van der Waals surface area contributed by atoms with Crippen molar-refractivity contribution in [1.82, 2.24) is 29.4 Å². The number of aliphatic hydroxyl groups is 1. The highest BCUT2D eigenvalue weighted by Crippen LogP contribution is 2.39. The van der Waals surface area contributed by atoms with Crippen molar-refractivity contribution in [2.45, 2.75) is 37.7 Å². The van der Waals surface area contributed by atoms with E-state index in [-0.39, 0.29) is 24.7 Å². The molecule has 15 nitrogen and oxygen atoms in total. The Balaban J connectivity index is 1.04. The third kappa shape index (κ3) is 8.11. The highest BCUT2D eigenvalue weighted by atomic mass is 32.1. The molecule has 3 aliphatic rings. The van der Waals surface area contributed by atoms with Crippen molar-refractivity contribution in [3.63, 3.8) is 0 Å². The summed E-state index contributed by atoms with van der Waals surface area (Å²) in [5, 5.41) is 14.9. The van der Waals surface area contributed by atoms with Crippen LogP contribution >= 0.6 is 19.2 Å². The molecule has 0 spiro atoms. The van der Waals surface area contributed by atoms with Gasteiger partial charge in [-0.3, -0.25) is 9.32 Å². The van der Waals surface area contributed by atoms with Gasteiger partial charge < -0.3 is 40.1 Å². The first kappa shape index (κ1) is 35.4. The summed E-state index contributed by atoms with van der Waals surface area (Å²) in [5.41, 5.74) is 10.0. The summed E-state index contributed by atoms with van der Waals surface area (Å²) in [6.45, 7) is 0.306. The fourth-order valence-corrected chi connectivity index (χ4v) is 7.10. The molecule has 1 saturated heterocycles. The molecule has 1 aromatic carbocycles. The van der Waals surface area contributed by atoms with E-state index in [0.717, 1.165) is 31.8 Å². The zero-order valence-electron chi connectivity index (χ0n) is 27.7. The summed E-state index contributed by atoms with van der Waals surface area (Å²) in [4.78, 5) is 47.1. The number of aromatic nitrogens is 4. The number of nitrogens with one attached hydrogen (secondary N) is 1. The Labute approximate surface area is 291 Å².